The lowest BCUT2D eigenvalue weighted by Crippen LogP contribution is -2.20. The van der Waals surface area contributed by atoms with Crippen LogP contribution in [0, 0.1) is 29.6 Å². The zero-order valence-corrected chi connectivity index (χ0v) is 21.2. The Bertz CT molecular complexity index is 701. The Morgan fingerprint density at radius 3 is 2.30 bits per heavy atom. The number of ether oxygens (including phenoxy) is 2. The number of hydrogen-bond donors (Lipinski definition) is 2. The van der Waals surface area contributed by atoms with Crippen LogP contribution in [0.25, 0.3) is 0 Å². The van der Waals surface area contributed by atoms with Crippen LogP contribution in [0.1, 0.15) is 52.7 Å². The van der Waals surface area contributed by atoms with Crippen molar-refractivity contribution >= 4 is 25.2 Å². The first-order valence-electron chi connectivity index (χ1n) is 10.3. The fraction of sp³-hybridized carbons (Fsp3) is 0.583. The number of thiol groups is 1. The molecule has 6 heteroatoms. The minimum Gasteiger partial charge on any atom is -0.493 e. The van der Waals surface area contributed by atoms with E-state index < -0.39 is 0 Å². The Morgan fingerprint density at radius 2 is 1.87 bits per heavy atom. The van der Waals surface area contributed by atoms with E-state index in [0.29, 0.717) is 5.94 Å². The minimum absolute atomic E-state index is 0.0370. The predicted molar refractivity (Wildman–Crippen MR) is 135 cm³/mol. The molecule has 0 aromatic heterocycles. The maximum absolute atomic E-state index is 7.01. The zero-order chi connectivity index (χ0) is 23.7. The molecule has 170 valence electrons. The van der Waals surface area contributed by atoms with Gasteiger partial charge in [-0.15, -0.1) is 12.6 Å². The van der Waals surface area contributed by atoms with Crippen LogP contribution in [0.4, 0.5) is 0 Å². The molecule has 0 amide bonds. The maximum Gasteiger partial charge on any atom is 0.196 e. The van der Waals surface area contributed by atoms with Gasteiger partial charge in [-0.05, 0) is 83.6 Å². The summed E-state index contributed by atoms with van der Waals surface area (Å²) < 4.78 is 10.8. The van der Waals surface area contributed by atoms with Crippen molar-refractivity contribution in [2.45, 2.75) is 54.9 Å². The van der Waals surface area contributed by atoms with Crippen LogP contribution >= 0.6 is 12.6 Å². The molecule has 0 aliphatic heterocycles. The standard InChI is InChI=1S/C14H23NO2S.C8H12N2.C2H6/c1-5-15(3)7-6-12-9-13(16-4)14(17-10-18)8-11(12)2;1-8(2,3)6-5-7(9)10-4;1-2/h8-9,18H,5-7,10H2,1-4H3;9H,4H2,1-3H3;1-2H3. The molecule has 0 bridgehead atoms. The van der Waals surface area contributed by atoms with E-state index in [2.05, 4.69) is 68.0 Å². The fourth-order valence-corrected chi connectivity index (χ4v) is 2.21. The number of aryl methyl sites for hydroxylation is 1. The van der Waals surface area contributed by atoms with Gasteiger partial charge in [0.1, 0.15) is 5.94 Å². The highest BCUT2D eigenvalue weighted by Gasteiger charge is 2.09. The lowest BCUT2D eigenvalue weighted by atomic mass is 9.98. The quantitative estimate of drug-likeness (QED) is 0.195. The second-order valence-corrected chi connectivity index (χ2v) is 7.61. The van der Waals surface area contributed by atoms with Crippen molar-refractivity contribution < 1.29 is 9.47 Å². The summed E-state index contributed by atoms with van der Waals surface area (Å²) >= 11 is 4.07. The molecule has 0 radical (unpaired) electrons. The Kier molecular flexibility index (Phi) is 16.9. The smallest absolute Gasteiger partial charge is 0.196 e. The molecule has 0 heterocycles. The van der Waals surface area contributed by atoms with E-state index in [9.17, 15) is 0 Å². The van der Waals surface area contributed by atoms with Gasteiger partial charge in [0, 0.05) is 12.0 Å². The highest BCUT2D eigenvalue weighted by Crippen LogP contribution is 2.31. The lowest BCUT2D eigenvalue weighted by molar-refractivity contribution is 0.342. The number of amidine groups is 1. The van der Waals surface area contributed by atoms with Gasteiger partial charge in [0.05, 0.1) is 7.11 Å². The van der Waals surface area contributed by atoms with Crippen molar-refractivity contribution in [2.24, 2.45) is 10.4 Å². The fourth-order valence-electron chi connectivity index (χ4n) is 2.07. The predicted octanol–water partition coefficient (Wildman–Crippen LogP) is 5.50. The maximum atomic E-state index is 7.01. The molecular weight excluding hydrogens is 394 g/mol. The first-order chi connectivity index (χ1) is 14.1. The Hall–Kier alpha value is -1.97. The summed E-state index contributed by atoms with van der Waals surface area (Å²) in [6.45, 7) is 19.5. The minimum atomic E-state index is -0.0585. The van der Waals surface area contributed by atoms with Gasteiger partial charge in [-0.25, -0.2) is 4.99 Å². The van der Waals surface area contributed by atoms with Gasteiger partial charge in [-0.2, -0.15) is 0 Å². The number of nitrogens with one attached hydrogen (secondary N) is 1. The average Bonchev–Trinajstić information content (AvgIpc) is 2.72. The molecule has 0 aliphatic rings. The number of methoxy groups -OCH3 is 1. The second-order valence-electron chi connectivity index (χ2n) is 7.36. The van der Waals surface area contributed by atoms with Crippen molar-refractivity contribution in [2.75, 3.05) is 33.2 Å². The topological polar surface area (TPSA) is 57.9 Å². The van der Waals surface area contributed by atoms with Crippen LogP contribution in [0.15, 0.2) is 17.1 Å². The number of likely N-dealkylation sites (N-methyl/N-ethyl adjacent to an activating group) is 1. The van der Waals surface area contributed by atoms with Crippen LogP contribution in [0.3, 0.4) is 0 Å². The molecule has 5 nitrogen and oxygen atoms in total. The largest absolute Gasteiger partial charge is 0.493 e. The number of rotatable bonds is 7. The molecule has 0 saturated carbocycles. The number of aliphatic imine (C=N–C) groups is 1. The average molecular weight is 436 g/mol. The van der Waals surface area contributed by atoms with Gasteiger partial charge in [0.25, 0.3) is 0 Å². The molecule has 30 heavy (non-hydrogen) atoms. The van der Waals surface area contributed by atoms with Gasteiger partial charge >= 0.3 is 0 Å². The molecular formula is C24H41N3O2S. The van der Waals surface area contributed by atoms with Crippen LogP contribution in [-0.4, -0.2) is 50.6 Å². The van der Waals surface area contributed by atoms with Crippen molar-refractivity contribution in [1.29, 1.82) is 5.41 Å². The van der Waals surface area contributed by atoms with E-state index in [-0.39, 0.29) is 11.3 Å². The molecule has 0 spiro atoms. The molecule has 0 unspecified atom stereocenters. The second kappa shape index (κ2) is 16.8. The summed E-state index contributed by atoms with van der Waals surface area (Å²) in [5, 5.41) is 7.01. The number of benzene rings is 1. The van der Waals surface area contributed by atoms with Crippen LogP contribution in [0.5, 0.6) is 11.5 Å². The van der Waals surface area contributed by atoms with Crippen molar-refractivity contribution in [3.05, 3.63) is 23.3 Å². The van der Waals surface area contributed by atoms with Crippen molar-refractivity contribution in [3.63, 3.8) is 0 Å². The van der Waals surface area contributed by atoms with Crippen LogP contribution < -0.4 is 9.47 Å². The highest BCUT2D eigenvalue weighted by molar-refractivity contribution is 7.80. The van der Waals surface area contributed by atoms with Gasteiger partial charge in [-0.3, -0.25) is 5.41 Å². The molecule has 0 aliphatic carbocycles. The number of nitrogens with zero attached hydrogens (tertiary/aromatic N) is 2. The van der Waals surface area contributed by atoms with E-state index >= 15 is 0 Å². The first-order valence-corrected chi connectivity index (χ1v) is 10.9. The van der Waals surface area contributed by atoms with E-state index in [1.54, 1.807) is 7.11 Å². The van der Waals surface area contributed by atoms with Gasteiger partial charge in [-0.1, -0.05) is 26.7 Å². The van der Waals surface area contributed by atoms with Gasteiger partial charge in [0.2, 0.25) is 0 Å². The SMILES string of the molecule is C=NC(=N)C#CC(C)(C)C.CC.CCN(C)CCc1cc(OC)c(OCS)cc1C. The van der Waals surface area contributed by atoms with Crippen molar-refractivity contribution in [1.82, 2.24) is 4.90 Å². The van der Waals surface area contributed by atoms with Gasteiger partial charge < -0.3 is 14.4 Å². The third kappa shape index (κ3) is 14.1. The van der Waals surface area contributed by atoms with E-state index in [0.717, 1.165) is 31.0 Å². The summed E-state index contributed by atoms with van der Waals surface area (Å²) in [6.07, 6.45) is 1.02. The zero-order valence-electron chi connectivity index (χ0n) is 20.3. The summed E-state index contributed by atoms with van der Waals surface area (Å²) in [7, 11) is 3.79. The molecule has 1 N–H and O–H groups in total. The highest BCUT2D eigenvalue weighted by atomic mass is 32.1. The number of hydrogen-bond acceptors (Lipinski definition) is 5. The van der Waals surface area contributed by atoms with E-state index in [4.69, 9.17) is 14.9 Å². The molecule has 0 fully saturated rings. The van der Waals surface area contributed by atoms with E-state index in [1.807, 2.05) is 40.7 Å². The molecule has 1 rings (SSSR count). The monoisotopic (exact) mass is 435 g/mol. The Labute approximate surface area is 190 Å². The molecule has 0 saturated heterocycles. The Balaban J connectivity index is 0. The molecule has 1 aromatic carbocycles. The van der Waals surface area contributed by atoms with E-state index in [1.165, 1.54) is 11.1 Å². The van der Waals surface area contributed by atoms with Crippen molar-refractivity contribution in [3.8, 4) is 23.3 Å². The first kappa shape index (κ1) is 30.2. The summed E-state index contributed by atoms with van der Waals surface area (Å²) in [5.74, 6) is 7.38. The Morgan fingerprint density at radius 1 is 1.27 bits per heavy atom. The van der Waals surface area contributed by atoms with Crippen LogP contribution in [0.2, 0.25) is 0 Å². The van der Waals surface area contributed by atoms with Crippen LogP contribution in [-0.2, 0) is 6.42 Å². The lowest BCUT2D eigenvalue weighted by Gasteiger charge is -2.17. The summed E-state index contributed by atoms with van der Waals surface area (Å²) in [4.78, 5) is 5.65. The van der Waals surface area contributed by atoms with Gasteiger partial charge in [0.15, 0.2) is 17.3 Å². The summed E-state index contributed by atoms with van der Waals surface area (Å²) in [5.41, 5.74) is 2.48. The third-order valence-corrected chi connectivity index (χ3v) is 3.99. The summed E-state index contributed by atoms with van der Waals surface area (Å²) in [6, 6.07) is 4.09. The molecule has 0 atom stereocenters. The third-order valence-electron chi connectivity index (χ3n) is 3.86. The molecule has 1 aromatic rings. The normalized spacial score (nSPS) is 9.83.